The maximum atomic E-state index is 12.3. The summed E-state index contributed by atoms with van der Waals surface area (Å²) in [5, 5.41) is 8.52. The highest BCUT2D eigenvalue weighted by Crippen LogP contribution is 2.30. The quantitative estimate of drug-likeness (QED) is 0.810. The maximum absolute atomic E-state index is 12.3. The molecule has 0 atom stereocenters. The second-order valence-electron chi connectivity index (χ2n) is 3.76. The average Bonchev–Trinajstić information content (AvgIpc) is 2.46. The molecule has 94 valence electrons. The standard InChI is InChI=1S/C15H10BrNO2/c16-14-12(7-4-8-13(14)19-10-9-17)15(18)11-5-2-1-3-6-11/h1-8H,10H2. The monoisotopic (exact) mass is 315 g/mol. The summed E-state index contributed by atoms with van der Waals surface area (Å²) in [7, 11) is 0. The van der Waals surface area contributed by atoms with E-state index in [0.717, 1.165) is 0 Å². The molecule has 0 saturated heterocycles. The van der Waals surface area contributed by atoms with E-state index in [2.05, 4.69) is 15.9 Å². The van der Waals surface area contributed by atoms with E-state index >= 15 is 0 Å². The minimum Gasteiger partial charge on any atom is -0.478 e. The number of hydrogen-bond acceptors (Lipinski definition) is 3. The van der Waals surface area contributed by atoms with Crippen molar-refractivity contribution < 1.29 is 9.53 Å². The first kappa shape index (κ1) is 13.3. The van der Waals surface area contributed by atoms with Crippen molar-refractivity contribution in [3.05, 3.63) is 64.1 Å². The van der Waals surface area contributed by atoms with Crippen LogP contribution in [0.4, 0.5) is 0 Å². The zero-order chi connectivity index (χ0) is 13.7. The predicted octanol–water partition coefficient (Wildman–Crippen LogP) is 3.58. The number of nitrogens with zero attached hydrogens (tertiary/aromatic N) is 1. The number of rotatable bonds is 4. The van der Waals surface area contributed by atoms with E-state index in [1.165, 1.54) is 0 Å². The van der Waals surface area contributed by atoms with Crippen molar-refractivity contribution in [1.29, 1.82) is 5.26 Å². The summed E-state index contributed by atoms with van der Waals surface area (Å²) in [6.45, 7) is -0.0540. The number of hydrogen-bond donors (Lipinski definition) is 0. The fourth-order valence-corrected chi connectivity index (χ4v) is 2.21. The van der Waals surface area contributed by atoms with E-state index in [1.807, 2.05) is 24.3 Å². The highest BCUT2D eigenvalue weighted by atomic mass is 79.9. The minimum absolute atomic E-state index is 0.0540. The fourth-order valence-electron chi connectivity index (χ4n) is 1.65. The molecule has 0 aliphatic heterocycles. The van der Waals surface area contributed by atoms with Gasteiger partial charge in [-0.25, -0.2) is 0 Å². The molecule has 0 N–H and O–H groups in total. The summed E-state index contributed by atoms with van der Waals surface area (Å²) >= 11 is 3.35. The van der Waals surface area contributed by atoms with Gasteiger partial charge in [0.05, 0.1) is 4.47 Å². The highest BCUT2D eigenvalue weighted by Gasteiger charge is 2.15. The molecule has 2 aromatic rings. The van der Waals surface area contributed by atoms with Crippen LogP contribution in [-0.2, 0) is 0 Å². The first-order chi connectivity index (χ1) is 9.24. The van der Waals surface area contributed by atoms with Gasteiger partial charge in [-0.15, -0.1) is 0 Å². The molecule has 0 heterocycles. The van der Waals surface area contributed by atoms with Crippen LogP contribution in [0.5, 0.6) is 5.75 Å². The molecular weight excluding hydrogens is 306 g/mol. The van der Waals surface area contributed by atoms with Crippen molar-refractivity contribution in [3.63, 3.8) is 0 Å². The van der Waals surface area contributed by atoms with Crippen LogP contribution in [-0.4, -0.2) is 12.4 Å². The summed E-state index contributed by atoms with van der Waals surface area (Å²) in [6, 6.07) is 16.1. The van der Waals surface area contributed by atoms with Gasteiger partial charge in [0, 0.05) is 11.1 Å². The number of ketones is 1. The van der Waals surface area contributed by atoms with Gasteiger partial charge >= 0.3 is 0 Å². The number of carbonyl (C=O) groups is 1. The van der Waals surface area contributed by atoms with Crippen LogP contribution in [0, 0.1) is 11.3 Å². The van der Waals surface area contributed by atoms with E-state index in [4.69, 9.17) is 10.00 Å². The van der Waals surface area contributed by atoms with Gasteiger partial charge in [-0.3, -0.25) is 4.79 Å². The van der Waals surface area contributed by atoms with Crippen LogP contribution in [0.25, 0.3) is 0 Å². The molecule has 0 unspecified atom stereocenters. The molecule has 0 radical (unpaired) electrons. The van der Waals surface area contributed by atoms with Gasteiger partial charge in [0.15, 0.2) is 12.4 Å². The fraction of sp³-hybridized carbons (Fsp3) is 0.0667. The van der Waals surface area contributed by atoms with Crippen LogP contribution in [0.2, 0.25) is 0 Å². The molecule has 4 heteroatoms. The van der Waals surface area contributed by atoms with Crippen LogP contribution >= 0.6 is 15.9 Å². The summed E-state index contributed by atoms with van der Waals surface area (Å²) in [5.74, 6) is 0.401. The SMILES string of the molecule is N#CCOc1cccc(C(=O)c2ccccc2)c1Br. The van der Waals surface area contributed by atoms with Crippen LogP contribution in [0.1, 0.15) is 15.9 Å². The normalized spacial score (nSPS) is 9.68. The predicted molar refractivity (Wildman–Crippen MR) is 75.1 cm³/mol. The van der Waals surface area contributed by atoms with E-state index in [-0.39, 0.29) is 12.4 Å². The molecule has 3 nitrogen and oxygen atoms in total. The Morgan fingerprint density at radius 2 is 1.89 bits per heavy atom. The van der Waals surface area contributed by atoms with Gasteiger partial charge in [-0.1, -0.05) is 36.4 Å². The number of benzene rings is 2. The lowest BCUT2D eigenvalue weighted by Gasteiger charge is -2.09. The molecule has 2 aromatic carbocycles. The maximum Gasteiger partial charge on any atom is 0.194 e. The summed E-state index contributed by atoms with van der Waals surface area (Å²) in [4.78, 5) is 12.3. The van der Waals surface area contributed by atoms with Crippen LogP contribution < -0.4 is 4.74 Å². The molecule has 0 fully saturated rings. The molecule has 0 bridgehead atoms. The molecule has 0 spiro atoms. The molecule has 0 saturated carbocycles. The van der Waals surface area contributed by atoms with Gasteiger partial charge in [0.2, 0.25) is 0 Å². The van der Waals surface area contributed by atoms with E-state index in [0.29, 0.717) is 21.3 Å². The van der Waals surface area contributed by atoms with E-state index in [1.54, 1.807) is 30.3 Å². The number of nitriles is 1. The third-order valence-corrected chi connectivity index (χ3v) is 3.35. The van der Waals surface area contributed by atoms with Gasteiger partial charge in [-0.05, 0) is 28.1 Å². The van der Waals surface area contributed by atoms with Gasteiger partial charge in [0.1, 0.15) is 11.8 Å². The Kier molecular flexibility index (Phi) is 4.32. The van der Waals surface area contributed by atoms with Crippen LogP contribution in [0.3, 0.4) is 0 Å². The zero-order valence-electron chi connectivity index (χ0n) is 9.97. The topological polar surface area (TPSA) is 50.1 Å². The molecule has 0 aliphatic rings. The summed E-state index contributed by atoms with van der Waals surface area (Å²) < 4.78 is 5.82. The first-order valence-corrected chi connectivity index (χ1v) is 6.41. The third-order valence-electron chi connectivity index (χ3n) is 2.54. The number of ether oxygens (including phenoxy) is 1. The third kappa shape index (κ3) is 3.01. The molecular formula is C15H10BrNO2. The minimum atomic E-state index is -0.0881. The summed E-state index contributed by atoms with van der Waals surface area (Å²) in [5.41, 5.74) is 1.13. The lowest BCUT2D eigenvalue weighted by Crippen LogP contribution is -2.04. The van der Waals surface area contributed by atoms with Gasteiger partial charge in [-0.2, -0.15) is 5.26 Å². The van der Waals surface area contributed by atoms with Gasteiger partial charge in [0.25, 0.3) is 0 Å². The van der Waals surface area contributed by atoms with Crippen LogP contribution in [0.15, 0.2) is 53.0 Å². The summed E-state index contributed by atoms with van der Waals surface area (Å²) in [6.07, 6.45) is 0. The zero-order valence-corrected chi connectivity index (χ0v) is 11.6. The lowest BCUT2D eigenvalue weighted by molar-refractivity contribution is 0.103. The molecule has 19 heavy (non-hydrogen) atoms. The average molecular weight is 316 g/mol. The number of halogens is 1. The van der Waals surface area contributed by atoms with Crippen molar-refractivity contribution in [2.24, 2.45) is 0 Å². The Labute approximate surface area is 119 Å². The molecule has 2 rings (SSSR count). The molecule has 0 amide bonds. The van der Waals surface area contributed by atoms with Crippen molar-refractivity contribution in [3.8, 4) is 11.8 Å². The Morgan fingerprint density at radius 1 is 1.16 bits per heavy atom. The second-order valence-corrected chi connectivity index (χ2v) is 4.55. The van der Waals surface area contributed by atoms with Crippen molar-refractivity contribution >= 4 is 21.7 Å². The van der Waals surface area contributed by atoms with E-state index in [9.17, 15) is 4.79 Å². The lowest BCUT2D eigenvalue weighted by atomic mass is 10.0. The Hall–Kier alpha value is -2.12. The van der Waals surface area contributed by atoms with E-state index < -0.39 is 0 Å². The van der Waals surface area contributed by atoms with Crippen molar-refractivity contribution in [2.75, 3.05) is 6.61 Å². The first-order valence-electron chi connectivity index (χ1n) is 5.62. The van der Waals surface area contributed by atoms with Crippen molar-refractivity contribution in [2.45, 2.75) is 0 Å². The Balaban J connectivity index is 2.36. The molecule has 0 aromatic heterocycles. The highest BCUT2D eigenvalue weighted by molar-refractivity contribution is 9.10. The Bertz CT molecular complexity index is 632. The van der Waals surface area contributed by atoms with Crippen molar-refractivity contribution in [1.82, 2.24) is 0 Å². The largest absolute Gasteiger partial charge is 0.478 e. The van der Waals surface area contributed by atoms with Gasteiger partial charge < -0.3 is 4.74 Å². The smallest absolute Gasteiger partial charge is 0.194 e. The second kappa shape index (κ2) is 6.17. The molecule has 0 aliphatic carbocycles. The number of carbonyl (C=O) groups excluding carboxylic acids is 1. The Morgan fingerprint density at radius 3 is 2.58 bits per heavy atom.